The van der Waals surface area contributed by atoms with Crippen LogP contribution in [0.1, 0.15) is 53.4 Å². The number of hydrogen-bond acceptors (Lipinski definition) is 9. The van der Waals surface area contributed by atoms with Crippen LogP contribution in [0.15, 0.2) is 46.4 Å². The first kappa shape index (κ1) is 32.9. The van der Waals surface area contributed by atoms with Crippen molar-refractivity contribution in [2.24, 2.45) is 17.6 Å². The molecule has 2 rings (SSSR count). The molecule has 4 N–H and O–H groups in total. The van der Waals surface area contributed by atoms with Gasteiger partial charge in [0.1, 0.15) is 0 Å². The van der Waals surface area contributed by atoms with Crippen LogP contribution in [0.3, 0.4) is 0 Å². The predicted octanol–water partition coefficient (Wildman–Crippen LogP) is 2.63. The minimum Gasteiger partial charge on any atom is -0.492 e. The second kappa shape index (κ2) is 14.9. The topological polar surface area (TPSA) is 163 Å². The molecule has 40 heavy (non-hydrogen) atoms. The number of aliphatic hydroxyl groups excluding tert-OH is 1. The molecule has 0 aromatic rings. The Bertz CT molecular complexity index is 1100. The fraction of sp³-hybridized carbons (Fsp3) is 0.586. The van der Waals surface area contributed by atoms with Crippen molar-refractivity contribution in [3.63, 3.8) is 0 Å². The van der Waals surface area contributed by atoms with E-state index >= 15 is 0 Å². The minimum absolute atomic E-state index is 0.0689. The number of nitrogens with one attached hydrogen (secondary N) is 1. The molecule has 0 aromatic heterocycles. The molecule has 0 fully saturated rings. The molecule has 1 aliphatic heterocycles. The van der Waals surface area contributed by atoms with Gasteiger partial charge in [-0.1, -0.05) is 26.0 Å². The maximum atomic E-state index is 13.3. The van der Waals surface area contributed by atoms with Crippen LogP contribution < -0.4 is 11.1 Å². The van der Waals surface area contributed by atoms with Gasteiger partial charge in [0.2, 0.25) is 11.6 Å². The van der Waals surface area contributed by atoms with Crippen molar-refractivity contribution in [2.45, 2.75) is 77.8 Å². The molecule has 11 nitrogen and oxygen atoms in total. The van der Waals surface area contributed by atoms with Gasteiger partial charge < -0.3 is 35.1 Å². The van der Waals surface area contributed by atoms with Crippen LogP contribution in [0.4, 0.5) is 4.79 Å². The molecule has 2 bridgehead atoms. The quantitative estimate of drug-likeness (QED) is 0.345. The van der Waals surface area contributed by atoms with E-state index in [1.54, 1.807) is 26.0 Å². The number of rotatable bonds is 4. The van der Waals surface area contributed by atoms with Crippen LogP contribution in [-0.2, 0) is 33.3 Å². The van der Waals surface area contributed by atoms with E-state index in [4.69, 9.17) is 24.7 Å². The van der Waals surface area contributed by atoms with Gasteiger partial charge in [-0.15, -0.1) is 0 Å². The first-order valence-electron chi connectivity index (χ1n) is 13.3. The standard InChI is InChI=1S/C29H42N2O9/c1-15-11-19-25(34)20(14-21(32)27(19)39-7)31-28(35)16(2)9-8-10-22(37-5)26(40-29(30)36)18(4)13-17(3)24(33)23(12-15)38-6/h9,13-15,17,22-24,26,33H,8,10-12H2,1-7H3,(H2,30,36)(H,31,35)/b16-9+,18-13+/t15-,17-,22-,23-,24+,26-/m1/s1. The highest BCUT2D eigenvalue weighted by atomic mass is 16.6. The number of primary amides is 1. The summed E-state index contributed by atoms with van der Waals surface area (Å²) < 4.78 is 21.9. The zero-order chi connectivity index (χ0) is 30.1. The zero-order valence-electron chi connectivity index (χ0n) is 24.3. The largest absolute Gasteiger partial charge is 0.492 e. The van der Waals surface area contributed by atoms with E-state index in [-0.39, 0.29) is 29.4 Å². The van der Waals surface area contributed by atoms with Crippen LogP contribution in [0, 0.1) is 11.8 Å². The second-order valence-corrected chi connectivity index (χ2v) is 10.4. The molecule has 11 heteroatoms. The number of aliphatic hydroxyl groups is 1. The van der Waals surface area contributed by atoms with Gasteiger partial charge in [0.25, 0.3) is 5.91 Å². The number of ketones is 2. The smallest absolute Gasteiger partial charge is 0.405 e. The normalized spacial score (nSPS) is 32.3. The van der Waals surface area contributed by atoms with Crippen molar-refractivity contribution in [2.75, 3.05) is 21.3 Å². The van der Waals surface area contributed by atoms with Crippen LogP contribution in [-0.4, -0.2) is 74.4 Å². The van der Waals surface area contributed by atoms with Crippen LogP contribution >= 0.6 is 0 Å². The van der Waals surface area contributed by atoms with Gasteiger partial charge in [0, 0.05) is 37.4 Å². The molecule has 0 saturated heterocycles. The number of ether oxygens (including phenoxy) is 4. The first-order valence-corrected chi connectivity index (χ1v) is 13.3. The molecule has 222 valence electrons. The third-order valence-corrected chi connectivity index (χ3v) is 7.27. The molecule has 0 spiro atoms. The van der Waals surface area contributed by atoms with E-state index in [1.807, 2.05) is 13.8 Å². The SMILES string of the molecule is COC1=C2C[C@@H](C)C[C@@H](OC)[C@@H](O)[C@H](C)/C=C(\C)[C@@H](OC(N)=O)[C@H](OC)CC/C=C(\C)C(=O)NC(=CC1=O)C2=O. The summed E-state index contributed by atoms with van der Waals surface area (Å²) >= 11 is 0. The Hall–Kier alpha value is -3.28. The van der Waals surface area contributed by atoms with Crippen molar-refractivity contribution in [1.82, 2.24) is 5.32 Å². The monoisotopic (exact) mass is 562 g/mol. The van der Waals surface area contributed by atoms with Crippen LogP contribution in [0.5, 0.6) is 0 Å². The summed E-state index contributed by atoms with van der Waals surface area (Å²) in [4.78, 5) is 50.7. The fourth-order valence-electron chi connectivity index (χ4n) is 5.09. The van der Waals surface area contributed by atoms with Gasteiger partial charge in [0.05, 0.1) is 31.1 Å². The zero-order valence-corrected chi connectivity index (χ0v) is 24.3. The Labute approximate surface area is 235 Å². The fourth-order valence-corrected chi connectivity index (χ4v) is 5.09. The lowest BCUT2D eigenvalue weighted by molar-refractivity contribution is -0.120. The molecule has 2 amide bonds. The summed E-state index contributed by atoms with van der Waals surface area (Å²) in [7, 11) is 4.28. The number of nitrogens with two attached hydrogens (primary N) is 1. The Morgan fingerprint density at radius 3 is 2.30 bits per heavy atom. The van der Waals surface area contributed by atoms with Gasteiger partial charge in [-0.2, -0.15) is 0 Å². The van der Waals surface area contributed by atoms with E-state index < -0.39 is 53.9 Å². The number of carbonyl (C=O) groups excluding carboxylic acids is 4. The van der Waals surface area contributed by atoms with Crippen molar-refractivity contribution in [3.05, 3.63) is 46.4 Å². The summed E-state index contributed by atoms with van der Waals surface area (Å²) in [5.41, 5.74) is 6.32. The maximum absolute atomic E-state index is 13.3. The van der Waals surface area contributed by atoms with E-state index in [9.17, 15) is 24.3 Å². The highest BCUT2D eigenvalue weighted by Crippen LogP contribution is 2.29. The Morgan fingerprint density at radius 1 is 1.07 bits per heavy atom. The lowest BCUT2D eigenvalue weighted by Gasteiger charge is -2.30. The highest BCUT2D eigenvalue weighted by Gasteiger charge is 2.34. The maximum Gasteiger partial charge on any atom is 0.405 e. The molecule has 0 aromatic carbocycles. The summed E-state index contributed by atoms with van der Waals surface area (Å²) in [6, 6.07) is 0. The molecule has 0 radical (unpaired) electrons. The highest BCUT2D eigenvalue weighted by molar-refractivity contribution is 6.23. The van der Waals surface area contributed by atoms with E-state index in [0.29, 0.717) is 30.4 Å². The summed E-state index contributed by atoms with van der Waals surface area (Å²) in [6.07, 6.45) is 1.82. The predicted molar refractivity (Wildman–Crippen MR) is 147 cm³/mol. The molecule has 6 atom stereocenters. The van der Waals surface area contributed by atoms with Crippen molar-refractivity contribution in [1.29, 1.82) is 0 Å². The first-order chi connectivity index (χ1) is 18.8. The molecule has 0 unspecified atom stereocenters. The molecule has 0 saturated carbocycles. The van der Waals surface area contributed by atoms with E-state index in [1.165, 1.54) is 21.3 Å². The second-order valence-electron chi connectivity index (χ2n) is 10.4. The number of carbonyl (C=O) groups is 4. The lowest BCUT2D eigenvalue weighted by atomic mass is 9.85. The molecule has 2 aliphatic rings. The third-order valence-electron chi connectivity index (χ3n) is 7.27. The average Bonchev–Trinajstić information content (AvgIpc) is 2.90. The molecule has 1 heterocycles. The summed E-state index contributed by atoms with van der Waals surface area (Å²) in [5.74, 6) is -2.26. The van der Waals surface area contributed by atoms with Gasteiger partial charge in [0.15, 0.2) is 11.9 Å². The summed E-state index contributed by atoms with van der Waals surface area (Å²) in [6.45, 7) is 7.03. The van der Waals surface area contributed by atoms with Crippen molar-refractivity contribution < 1.29 is 43.2 Å². The molecular formula is C29H42N2O9. The van der Waals surface area contributed by atoms with Crippen LogP contribution in [0.25, 0.3) is 0 Å². The number of allylic oxidation sites excluding steroid dienone is 3. The molecule has 1 aliphatic carbocycles. The number of Topliss-reactive ketones (excluding diaryl/α,β-unsaturated/α-hetero) is 1. The average molecular weight is 563 g/mol. The lowest BCUT2D eigenvalue weighted by Crippen LogP contribution is -2.37. The summed E-state index contributed by atoms with van der Waals surface area (Å²) in [5, 5.41) is 13.7. The van der Waals surface area contributed by atoms with Crippen molar-refractivity contribution in [3.8, 4) is 0 Å². The Morgan fingerprint density at radius 2 is 1.73 bits per heavy atom. The van der Waals surface area contributed by atoms with Crippen molar-refractivity contribution >= 4 is 23.6 Å². The Balaban J connectivity index is 2.54. The number of amides is 2. The number of hydrogen-bond donors (Lipinski definition) is 3. The minimum atomic E-state index is -0.968. The van der Waals surface area contributed by atoms with Gasteiger partial charge in [-0.3, -0.25) is 14.4 Å². The Kier molecular flexibility index (Phi) is 12.3. The number of methoxy groups -OCH3 is 3. The van der Waals surface area contributed by atoms with Gasteiger partial charge in [-0.05, 0) is 51.0 Å². The molecular weight excluding hydrogens is 520 g/mol. The number of fused-ring (bicyclic) bond motifs is 2. The van der Waals surface area contributed by atoms with Gasteiger partial charge >= 0.3 is 6.09 Å². The third kappa shape index (κ3) is 8.36. The van der Waals surface area contributed by atoms with Gasteiger partial charge in [-0.25, -0.2) is 4.79 Å². The van der Waals surface area contributed by atoms with E-state index in [0.717, 1.165) is 6.08 Å². The van der Waals surface area contributed by atoms with Crippen LogP contribution in [0.2, 0.25) is 0 Å². The van der Waals surface area contributed by atoms with E-state index in [2.05, 4.69) is 5.32 Å².